The molecule has 1 saturated heterocycles. The number of rotatable bonds is 5. The highest BCUT2D eigenvalue weighted by Crippen LogP contribution is 2.26. The fourth-order valence-electron chi connectivity index (χ4n) is 2.47. The molecule has 0 bridgehead atoms. The summed E-state index contributed by atoms with van der Waals surface area (Å²) in [5, 5.41) is 0.193. The first kappa shape index (κ1) is 19.0. The highest BCUT2D eigenvalue weighted by atomic mass is 35.5. The van der Waals surface area contributed by atoms with Crippen molar-refractivity contribution in [2.45, 2.75) is 17.9 Å². The van der Waals surface area contributed by atoms with Crippen molar-refractivity contribution < 1.29 is 17.9 Å². The van der Waals surface area contributed by atoms with Crippen LogP contribution in [0.15, 0.2) is 23.1 Å². The molecular formula is C15H22ClN3O4S. The molecule has 0 aliphatic carbocycles. The van der Waals surface area contributed by atoms with Crippen molar-refractivity contribution in [3.8, 4) is 5.75 Å². The Labute approximate surface area is 147 Å². The Bertz CT molecular complexity index is 703. The van der Waals surface area contributed by atoms with Gasteiger partial charge < -0.3 is 14.5 Å². The van der Waals surface area contributed by atoms with Gasteiger partial charge in [0.1, 0.15) is 5.75 Å². The third-order valence-electron chi connectivity index (χ3n) is 3.95. The number of ether oxygens (including phenoxy) is 1. The highest BCUT2D eigenvalue weighted by Gasteiger charge is 2.27. The summed E-state index contributed by atoms with van der Waals surface area (Å²) in [6.45, 7) is 4.29. The molecule has 0 unspecified atom stereocenters. The van der Waals surface area contributed by atoms with E-state index in [0.717, 1.165) is 13.1 Å². The van der Waals surface area contributed by atoms with E-state index in [4.69, 9.17) is 16.3 Å². The zero-order chi connectivity index (χ0) is 17.9. The van der Waals surface area contributed by atoms with Gasteiger partial charge >= 0.3 is 0 Å². The molecule has 24 heavy (non-hydrogen) atoms. The molecule has 0 aromatic heterocycles. The molecule has 1 aromatic rings. The quantitative estimate of drug-likeness (QED) is 0.823. The van der Waals surface area contributed by atoms with Crippen molar-refractivity contribution in [1.82, 2.24) is 14.5 Å². The molecule has 1 aromatic carbocycles. The van der Waals surface area contributed by atoms with E-state index in [-0.39, 0.29) is 15.8 Å². The monoisotopic (exact) mass is 375 g/mol. The molecule has 0 radical (unpaired) electrons. The molecule has 0 spiro atoms. The number of methoxy groups -OCH3 is 1. The predicted molar refractivity (Wildman–Crippen MR) is 91.9 cm³/mol. The topological polar surface area (TPSA) is 78.9 Å². The Morgan fingerprint density at radius 2 is 1.92 bits per heavy atom. The minimum absolute atomic E-state index is 0.00803. The van der Waals surface area contributed by atoms with E-state index < -0.39 is 16.1 Å². The summed E-state index contributed by atoms with van der Waals surface area (Å²) in [6, 6.07) is 3.32. The number of nitrogens with zero attached hydrogens (tertiary/aromatic N) is 2. The average molecular weight is 376 g/mol. The van der Waals surface area contributed by atoms with Gasteiger partial charge in [0.25, 0.3) is 0 Å². The smallest absolute Gasteiger partial charge is 0.241 e. The number of hydrogen-bond donors (Lipinski definition) is 1. The van der Waals surface area contributed by atoms with Crippen LogP contribution >= 0.6 is 11.6 Å². The Morgan fingerprint density at radius 3 is 2.46 bits per heavy atom. The summed E-state index contributed by atoms with van der Waals surface area (Å²) in [5.74, 6) is 0.156. The Balaban J connectivity index is 2.08. The summed E-state index contributed by atoms with van der Waals surface area (Å²) in [4.78, 5) is 16.2. The molecule has 1 N–H and O–H groups in total. The second kappa shape index (κ2) is 7.69. The van der Waals surface area contributed by atoms with E-state index in [1.165, 1.54) is 25.3 Å². The van der Waals surface area contributed by atoms with Crippen LogP contribution in [-0.2, 0) is 14.8 Å². The molecule has 9 heteroatoms. The van der Waals surface area contributed by atoms with Gasteiger partial charge in [0.2, 0.25) is 15.9 Å². The maximum Gasteiger partial charge on any atom is 0.241 e. The molecule has 1 aliphatic heterocycles. The van der Waals surface area contributed by atoms with Gasteiger partial charge in [-0.15, -0.1) is 0 Å². The van der Waals surface area contributed by atoms with Crippen LogP contribution in [0.2, 0.25) is 5.02 Å². The number of carbonyl (C=O) groups excluding carboxylic acids is 1. The molecule has 1 aliphatic rings. The van der Waals surface area contributed by atoms with Gasteiger partial charge in [-0.3, -0.25) is 4.79 Å². The highest BCUT2D eigenvalue weighted by molar-refractivity contribution is 7.89. The SMILES string of the molecule is COc1ccc(S(=O)(=O)N[C@H](C)C(=O)N2CCN(C)CC2)cc1Cl. The van der Waals surface area contributed by atoms with Crippen LogP contribution < -0.4 is 9.46 Å². The van der Waals surface area contributed by atoms with Crippen molar-refractivity contribution in [3.63, 3.8) is 0 Å². The van der Waals surface area contributed by atoms with Gasteiger partial charge in [-0.05, 0) is 32.2 Å². The van der Waals surface area contributed by atoms with Gasteiger partial charge in [-0.1, -0.05) is 11.6 Å². The number of sulfonamides is 1. The predicted octanol–water partition coefficient (Wildman–Crippen LogP) is 0.789. The van der Waals surface area contributed by atoms with Gasteiger partial charge in [0.15, 0.2) is 0 Å². The number of likely N-dealkylation sites (N-methyl/N-ethyl adjacent to an activating group) is 1. The molecule has 1 amide bonds. The number of carbonyl (C=O) groups is 1. The zero-order valence-corrected chi connectivity index (χ0v) is 15.5. The van der Waals surface area contributed by atoms with Crippen LogP contribution in [0.5, 0.6) is 5.75 Å². The van der Waals surface area contributed by atoms with Gasteiger partial charge in [-0.25, -0.2) is 8.42 Å². The number of benzene rings is 1. The number of nitrogens with one attached hydrogen (secondary N) is 1. The number of piperazine rings is 1. The molecular weight excluding hydrogens is 354 g/mol. The molecule has 1 fully saturated rings. The maximum absolute atomic E-state index is 12.4. The zero-order valence-electron chi connectivity index (χ0n) is 14.0. The molecule has 1 heterocycles. The average Bonchev–Trinajstić information content (AvgIpc) is 2.54. The lowest BCUT2D eigenvalue weighted by atomic mass is 10.2. The first-order valence-corrected chi connectivity index (χ1v) is 9.44. The molecule has 1 atom stereocenters. The fraction of sp³-hybridized carbons (Fsp3) is 0.533. The van der Waals surface area contributed by atoms with Crippen molar-refractivity contribution in [2.75, 3.05) is 40.3 Å². The van der Waals surface area contributed by atoms with Crippen molar-refractivity contribution in [2.24, 2.45) is 0 Å². The second-order valence-corrected chi connectivity index (χ2v) is 7.89. The minimum Gasteiger partial charge on any atom is -0.495 e. The van der Waals surface area contributed by atoms with Crippen LogP contribution in [0, 0.1) is 0 Å². The van der Waals surface area contributed by atoms with Crippen LogP contribution in [0.25, 0.3) is 0 Å². The standard InChI is InChI=1S/C15H22ClN3O4S/c1-11(15(20)19-8-6-18(2)7-9-19)17-24(21,22)12-4-5-14(23-3)13(16)10-12/h4-5,10-11,17H,6-9H2,1-3H3/t11-/m1/s1. The van der Waals surface area contributed by atoms with Crippen LogP contribution in [0.1, 0.15) is 6.92 Å². The van der Waals surface area contributed by atoms with Gasteiger partial charge in [0, 0.05) is 26.2 Å². The second-order valence-electron chi connectivity index (χ2n) is 5.77. The Morgan fingerprint density at radius 1 is 1.29 bits per heavy atom. The summed E-state index contributed by atoms with van der Waals surface area (Å²) < 4.78 is 32.3. The third kappa shape index (κ3) is 4.38. The van der Waals surface area contributed by atoms with Crippen LogP contribution in [0.4, 0.5) is 0 Å². The van der Waals surface area contributed by atoms with E-state index in [9.17, 15) is 13.2 Å². The number of halogens is 1. The maximum atomic E-state index is 12.4. The molecule has 134 valence electrons. The summed E-state index contributed by atoms with van der Waals surface area (Å²) >= 11 is 5.97. The lowest BCUT2D eigenvalue weighted by Crippen LogP contribution is -2.53. The van der Waals surface area contributed by atoms with Crippen molar-refractivity contribution in [1.29, 1.82) is 0 Å². The van der Waals surface area contributed by atoms with E-state index in [1.807, 2.05) is 7.05 Å². The number of hydrogen-bond acceptors (Lipinski definition) is 5. The van der Waals surface area contributed by atoms with E-state index in [0.29, 0.717) is 18.8 Å². The first-order valence-electron chi connectivity index (χ1n) is 7.58. The van der Waals surface area contributed by atoms with Crippen LogP contribution in [-0.4, -0.2) is 70.5 Å². The Kier molecular flexibility index (Phi) is 6.08. The molecule has 2 rings (SSSR count). The summed E-state index contributed by atoms with van der Waals surface area (Å²) in [6.07, 6.45) is 0. The largest absolute Gasteiger partial charge is 0.495 e. The fourth-order valence-corrected chi connectivity index (χ4v) is 4.01. The van der Waals surface area contributed by atoms with Crippen LogP contribution in [0.3, 0.4) is 0 Å². The lowest BCUT2D eigenvalue weighted by Gasteiger charge is -2.34. The summed E-state index contributed by atoms with van der Waals surface area (Å²) in [7, 11) is -0.413. The Hall–Kier alpha value is -1.35. The van der Waals surface area contributed by atoms with E-state index in [2.05, 4.69) is 9.62 Å². The van der Waals surface area contributed by atoms with Gasteiger partial charge in [0.05, 0.1) is 23.1 Å². The molecule has 0 saturated carbocycles. The number of amides is 1. The third-order valence-corrected chi connectivity index (χ3v) is 5.78. The lowest BCUT2D eigenvalue weighted by molar-refractivity contribution is -0.134. The molecule has 7 nitrogen and oxygen atoms in total. The van der Waals surface area contributed by atoms with E-state index >= 15 is 0 Å². The van der Waals surface area contributed by atoms with E-state index in [1.54, 1.807) is 11.8 Å². The minimum atomic E-state index is -3.85. The van der Waals surface area contributed by atoms with Crippen molar-refractivity contribution in [3.05, 3.63) is 23.2 Å². The first-order chi connectivity index (χ1) is 11.2. The van der Waals surface area contributed by atoms with Gasteiger partial charge in [-0.2, -0.15) is 4.72 Å². The normalized spacial score (nSPS) is 17.6. The van der Waals surface area contributed by atoms with Crippen molar-refractivity contribution >= 4 is 27.5 Å². The summed E-state index contributed by atoms with van der Waals surface area (Å²) in [5.41, 5.74) is 0.